The molecular weight excluding hydrogens is 450 g/mol. The van der Waals surface area contributed by atoms with Gasteiger partial charge in [-0.2, -0.15) is 0 Å². The fourth-order valence-electron chi connectivity index (χ4n) is 3.75. The number of amides is 2. The number of nitrogens with zero attached hydrogens (tertiary/aromatic N) is 2. The van der Waals surface area contributed by atoms with Gasteiger partial charge in [0, 0.05) is 13.1 Å². The minimum atomic E-state index is -3.76. The van der Waals surface area contributed by atoms with E-state index in [1.807, 2.05) is 64.1 Å². The van der Waals surface area contributed by atoms with Gasteiger partial charge in [-0.25, -0.2) is 8.42 Å². The van der Waals surface area contributed by atoms with E-state index in [0.29, 0.717) is 12.2 Å². The summed E-state index contributed by atoms with van der Waals surface area (Å²) in [5, 5.41) is 2.84. The zero-order valence-corrected chi connectivity index (χ0v) is 21.9. The lowest BCUT2D eigenvalue weighted by atomic mass is 10.0. The molecule has 0 aliphatic carbocycles. The molecule has 7 nitrogen and oxygen atoms in total. The highest BCUT2D eigenvalue weighted by atomic mass is 32.2. The number of hydrogen-bond acceptors (Lipinski definition) is 4. The standard InChI is InChI=1S/C26H37N3O4S/c1-7-16-27-26(31)21(5)28(17-22-13-9-8-12-20(22)4)25(30)18-29(34(6,32)33)24-15-11-10-14-23(24)19(2)3/h8-15,19,21H,7,16-18H2,1-6H3,(H,27,31). The first-order valence-corrected chi connectivity index (χ1v) is 13.5. The monoisotopic (exact) mass is 487 g/mol. The average molecular weight is 488 g/mol. The van der Waals surface area contributed by atoms with Crippen LogP contribution in [0.15, 0.2) is 48.5 Å². The third-order valence-corrected chi connectivity index (χ3v) is 6.95. The van der Waals surface area contributed by atoms with Crippen LogP contribution in [0.3, 0.4) is 0 Å². The van der Waals surface area contributed by atoms with Gasteiger partial charge in [0.1, 0.15) is 12.6 Å². The van der Waals surface area contributed by atoms with Crippen LogP contribution in [0.4, 0.5) is 5.69 Å². The molecule has 0 saturated heterocycles. The summed E-state index contributed by atoms with van der Waals surface area (Å²) in [7, 11) is -3.76. The zero-order chi connectivity index (χ0) is 25.5. The van der Waals surface area contributed by atoms with E-state index in [0.717, 1.165) is 33.7 Å². The van der Waals surface area contributed by atoms with E-state index in [2.05, 4.69) is 5.32 Å². The van der Waals surface area contributed by atoms with E-state index in [9.17, 15) is 18.0 Å². The number of carbonyl (C=O) groups excluding carboxylic acids is 2. The Morgan fingerprint density at radius 2 is 1.62 bits per heavy atom. The van der Waals surface area contributed by atoms with Crippen LogP contribution in [-0.2, 0) is 26.2 Å². The largest absolute Gasteiger partial charge is 0.354 e. The molecule has 0 saturated carbocycles. The number of hydrogen-bond donors (Lipinski definition) is 1. The molecule has 1 unspecified atom stereocenters. The molecule has 0 aliphatic heterocycles. The summed E-state index contributed by atoms with van der Waals surface area (Å²) in [6, 6.07) is 14.1. The Bertz CT molecular complexity index is 1100. The molecule has 0 aliphatic rings. The molecule has 186 valence electrons. The lowest BCUT2D eigenvalue weighted by Gasteiger charge is -2.32. The maximum atomic E-state index is 13.6. The maximum Gasteiger partial charge on any atom is 0.244 e. The summed E-state index contributed by atoms with van der Waals surface area (Å²) in [5.74, 6) is -0.638. The van der Waals surface area contributed by atoms with Gasteiger partial charge >= 0.3 is 0 Å². The summed E-state index contributed by atoms with van der Waals surface area (Å²) in [6.45, 7) is 9.85. The second-order valence-corrected chi connectivity index (χ2v) is 10.8. The summed E-state index contributed by atoms with van der Waals surface area (Å²) in [6.07, 6.45) is 1.87. The van der Waals surface area contributed by atoms with Gasteiger partial charge in [0.15, 0.2) is 0 Å². The number of aryl methyl sites for hydroxylation is 1. The third-order valence-electron chi connectivity index (χ3n) is 5.83. The molecular formula is C26H37N3O4S. The molecule has 2 aromatic rings. The number of sulfonamides is 1. The molecule has 1 atom stereocenters. The number of nitrogens with one attached hydrogen (secondary N) is 1. The molecule has 1 N–H and O–H groups in total. The minimum Gasteiger partial charge on any atom is -0.354 e. The Morgan fingerprint density at radius 3 is 2.21 bits per heavy atom. The predicted octanol–water partition coefficient (Wildman–Crippen LogP) is 3.83. The van der Waals surface area contributed by atoms with Crippen LogP contribution < -0.4 is 9.62 Å². The summed E-state index contributed by atoms with van der Waals surface area (Å²) < 4.78 is 26.7. The second-order valence-electron chi connectivity index (χ2n) is 8.90. The van der Waals surface area contributed by atoms with Crippen LogP contribution >= 0.6 is 0 Å². The Hall–Kier alpha value is -2.87. The molecule has 0 radical (unpaired) electrons. The van der Waals surface area contributed by atoms with E-state index in [4.69, 9.17) is 0 Å². The normalized spacial score (nSPS) is 12.3. The average Bonchev–Trinajstić information content (AvgIpc) is 2.79. The first kappa shape index (κ1) is 27.4. The topological polar surface area (TPSA) is 86.8 Å². The van der Waals surface area contributed by atoms with E-state index < -0.39 is 22.0 Å². The molecule has 0 fully saturated rings. The summed E-state index contributed by atoms with van der Waals surface area (Å²) >= 11 is 0. The van der Waals surface area contributed by atoms with Crippen molar-refractivity contribution in [2.24, 2.45) is 0 Å². The molecule has 8 heteroatoms. The van der Waals surface area contributed by atoms with Crippen LogP contribution in [-0.4, -0.2) is 50.5 Å². The molecule has 0 bridgehead atoms. The Labute approximate surface area is 204 Å². The molecule has 2 aromatic carbocycles. The van der Waals surface area contributed by atoms with Gasteiger partial charge in [-0.15, -0.1) is 0 Å². The highest BCUT2D eigenvalue weighted by Crippen LogP contribution is 2.29. The number of benzene rings is 2. The van der Waals surface area contributed by atoms with Crippen molar-refractivity contribution in [3.05, 3.63) is 65.2 Å². The van der Waals surface area contributed by atoms with Crippen molar-refractivity contribution in [3.8, 4) is 0 Å². The second kappa shape index (κ2) is 12.0. The Morgan fingerprint density at radius 1 is 1.00 bits per heavy atom. The van der Waals surface area contributed by atoms with E-state index in [-0.39, 0.29) is 24.9 Å². The lowest BCUT2D eigenvalue weighted by Crippen LogP contribution is -2.51. The van der Waals surface area contributed by atoms with Crippen molar-refractivity contribution < 1.29 is 18.0 Å². The quantitative estimate of drug-likeness (QED) is 0.522. The molecule has 0 aromatic heterocycles. The smallest absolute Gasteiger partial charge is 0.244 e. The molecule has 2 amide bonds. The van der Waals surface area contributed by atoms with Crippen molar-refractivity contribution in [1.82, 2.24) is 10.2 Å². The van der Waals surface area contributed by atoms with Crippen LogP contribution in [0.2, 0.25) is 0 Å². The fraction of sp³-hybridized carbons (Fsp3) is 0.462. The van der Waals surface area contributed by atoms with Gasteiger partial charge in [0.05, 0.1) is 11.9 Å². The first-order chi connectivity index (χ1) is 16.0. The SMILES string of the molecule is CCCNC(=O)C(C)N(Cc1ccccc1C)C(=O)CN(c1ccccc1C(C)C)S(C)(=O)=O. The van der Waals surface area contributed by atoms with Crippen molar-refractivity contribution >= 4 is 27.5 Å². The Balaban J connectivity index is 2.45. The molecule has 0 spiro atoms. The van der Waals surface area contributed by atoms with Gasteiger partial charge in [-0.1, -0.05) is 63.2 Å². The Kier molecular flexibility index (Phi) is 9.67. The fourth-order valence-corrected chi connectivity index (χ4v) is 4.62. The van der Waals surface area contributed by atoms with Gasteiger partial charge in [-0.3, -0.25) is 13.9 Å². The van der Waals surface area contributed by atoms with Crippen molar-refractivity contribution in [3.63, 3.8) is 0 Å². The van der Waals surface area contributed by atoms with E-state index in [1.54, 1.807) is 19.1 Å². The van der Waals surface area contributed by atoms with Crippen LogP contribution in [0.5, 0.6) is 0 Å². The van der Waals surface area contributed by atoms with E-state index in [1.165, 1.54) is 4.90 Å². The molecule has 34 heavy (non-hydrogen) atoms. The van der Waals surface area contributed by atoms with Gasteiger partial charge in [-0.05, 0) is 48.9 Å². The number of para-hydroxylation sites is 1. The maximum absolute atomic E-state index is 13.6. The van der Waals surface area contributed by atoms with Crippen LogP contribution in [0, 0.1) is 6.92 Å². The van der Waals surface area contributed by atoms with Crippen LogP contribution in [0.1, 0.15) is 56.7 Å². The number of anilines is 1. The van der Waals surface area contributed by atoms with Gasteiger partial charge < -0.3 is 10.2 Å². The predicted molar refractivity (Wildman–Crippen MR) is 137 cm³/mol. The molecule has 2 rings (SSSR count). The number of rotatable bonds is 11. The van der Waals surface area contributed by atoms with Crippen molar-refractivity contribution in [2.45, 2.75) is 59.5 Å². The number of carbonyl (C=O) groups is 2. The van der Waals surface area contributed by atoms with Gasteiger partial charge in [0.2, 0.25) is 21.8 Å². The van der Waals surface area contributed by atoms with Crippen LogP contribution in [0.25, 0.3) is 0 Å². The summed E-state index contributed by atoms with van der Waals surface area (Å²) in [5.41, 5.74) is 3.21. The lowest BCUT2D eigenvalue weighted by molar-refractivity contribution is -0.139. The third kappa shape index (κ3) is 7.06. The van der Waals surface area contributed by atoms with E-state index >= 15 is 0 Å². The first-order valence-electron chi connectivity index (χ1n) is 11.7. The van der Waals surface area contributed by atoms with Crippen molar-refractivity contribution in [1.29, 1.82) is 0 Å². The highest BCUT2D eigenvalue weighted by molar-refractivity contribution is 7.92. The van der Waals surface area contributed by atoms with Gasteiger partial charge in [0.25, 0.3) is 0 Å². The summed E-state index contributed by atoms with van der Waals surface area (Å²) in [4.78, 5) is 27.9. The minimum absolute atomic E-state index is 0.0670. The zero-order valence-electron chi connectivity index (χ0n) is 21.0. The highest BCUT2D eigenvalue weighted by Gasteiger charge is 2.31. The van der Waals surface area contributed by atoms with Crippen molar-refractivity contribution in [2.75, 3.05) is 23.7 Å². The molecule has 0 heterocycles.